The van der Waals surface area contributed by atoms with Crippen molar-refractivity contribution in [1.29, 1.82) is 0 Å². The monoisotopic (exact) mass is 272 g/mol. The molecule has 0 amide bonds. The second kappa shape index (κ2) is 6.13. The molecular weight excluding hydrogens is 256 g/mol. The Labute approximate surface area is 111 Å². The highest BCUT2D eigenvalue weighted by atomic mass is 35.5. The van der Waals surface area contributed by atoms with Crippen LogP contribution in [0.4, 0.5) is 5.69 Å². The van der Waals surface area contributed by atoms with Crippen LogP contribution in [0.1, 0.15) is 31.9 Å². The first-order valence-electron chi connectivity index (χ1n) is 5.76. The van der Waals surface area contributed by atoms with Crippen LogP contribution < -0.4 is 5.73 Å². The molecule has 0 saturated heterocycles. The van der Waals surface area contributed by atoms with Crippen LogP contribution in [0.25, 0.3) is 0 Å². The van der Waals surface area contributed by atoms with Crippen molar-refractivity contribution in [2.24, 2.45) is 11.7 Å². The number of rotatable bonds is 5. The SMILES string of the molecule is CCC(C)[C@@H](O)[C@@H](N)c1ccc(Cl)c([N+](=O)[O-])c1. The summed E-state index contributed by atoms with van der Waals surface area (Å²) in [5.41, 5.74) is 6.24. The van der Waals surface area contributed by atoms with Crippen LogP contribution in [-0.2, 0) is 0 Å². The minimum Gasteiger partial charge on any atom is -0.391 e. The summed E-state index contributed by atoms with van der Waals surface area (Å²) in [7, 11) is 0. The fourth-order valence-electron chi connectivity index (χ4n) is 1.67. The van der Waals surface area contributed by atoms with Gasteiger partial charge in [-0.15, -0.1) is 0 Å². The van der Waals surface area contributed by atoms with Crippen LogP contribution in [0.3, 0.4) is 0 Å². The van der Waals surface area contributed by atoms with Crippen LogP contribution in [0.5, 0.6) is 0 Å². The van der Waals surface area contributed by atoms with Crippen molar-refractivity contribution in [3.8, 4) is 0 Å². The van der Waals surface area contributed by atoms with E-state index in [1.807, 2.05) is 13.8 Å². The third-order valence-corrected chi connectivity index (χ3v) is 3.47. The molecule has 1 aromatic rings. The summed E-state index contributed by atoms with van der Waals surface area (Å²) in [5, 5.41) is 20.8. The summed E-state index contributed by atoms with van der Waals surface area (Å²) in [6, 6.07) is 3.69. The number of aliphatic hydroxyl groups is 1. The Kier molecular flexibility index (Phi) is 5.07. The van der Waals surface area contributed by atoms with Crippen LogP contribution in [-0.4, -0.2) is 16.1 Å². The fourth-order valence-corrected chi connectivity index (χ4v) is 1.86. The molecule has 0 aromatic heterocycles. The summed E-state index contributed by atoms with van der Waals surface area (Å²) in [4.78, 5) is 10.2. The zero-order chi connectivity index (χ0) is 13.9. The van der Waals surface area contributed by atoms with E-state index in [0.29, 0.717) is 5.56 Å². The average Bonchev–Trinajstić information content (AvgIpc) is 2.36. The molecule has 0 heterocycles. The van der Waals surface area contributed by atoms with Gasteiger partial charge in [-0.25, -0.2) is 0 Å². The lowest BCUT2D eigenvalue weighted by Gasteiger charge is -2.24. The van der Waals surface area contributed by atoms with Crippen molar-refractivity contribution in [3.05, 3.63) is 38.9 Å². The van der Waals surface area contributed by atoms with Gasteiger partial charge in [0.1, 0.15) is 5.02 Å². The van der Waals surface area contributed by atoms with Gasteiger partial charge in [-0.2, -0.15) is 0 Å². The zero-order valence-corrected chi connectivity index (χ0v) is 11.1. The highest BCUT2D eigenvalue weighted by molar-refractivity contribution is 6.32. The van der Waals surface area contributed by atoms with Crippen LogP contribution in [0.15, 0.2) is 18.2 Å². The van der Waals surface area contributed by atoms with Crippen molar-refractivity contribution in [3.63, 3.8) is 0 Å². The molecule has 0 saturated carbocycles. The molecule has 0 radical (unpaired) electrons. The van der Waals surface area contributed by atoms with E-state index in [2.05, 4.69) is 0 Å². The van der Waals surface area contributed by atoms with E-state index in [4.69, 9.17) is 17.3 Å². The highest BCUT2D eigenvalue weighted by Crippen LogP contribution is 2.29. The van der Waals surface area contributed by atoms with E-state index in [1.54, 1.807) is 6.07 Å². The lowest BCUT2D eigenvalue weighted by atomic mass is 9.91. The number of hydrogen-bond acceptors (Lipinski definition) is 4. The first kappa shape index (κ1) is 14.9. The number of nitrogens with zero attached hydrogens (tertiary/aromatic N) is 1. The molecule has 5 nitrogen and oxygen atoms in total. The van der Waals surface area contributed by atoms with Gasteiger partial charge in [-0.1, -0.05) is 37.9 Å². The number of halogens is 1. The smallest absolute Gasteiger partial charge is 0.288 e. The Balaban J connectivity index is 3.03. The van der Waals surface area contributed by atoms with E-state index in [9.17, 15) is 15.2 Å². The van der Waals surface area contributed by atoms with Crippen LogP contribution >= 0.6 is 11.6 Å². The third kappa shape index (κ3) is 3.19. The highest BCUT2D eigenvalue weighted by Gasteiger charge is 2.24. The first-order valence-corrected chi connectivity index (χ1v) is 6.13. The maximum Gasteiger partial charge on any atom is 0.288 e. The topological polar surface area (TPSA) is 89.4 Å². The standard InChI is InChI=1S/C12H17ClN2O3/c1-3-7(2)12(16)11(14)8-4-5-9(13)10(6-8)15(17)18/h4-7,11-12,16H,3,14H2,1-2H3/t7?,11-,12+/m0/s1. The molecule has 1 aromatic carbocycles. The predicted octanol–water partition coefficient (Wildman–Crippen LogP) is 2.66. The summed E-state index contributed by atoms with van der Waals surface area (Å²) < 4.78 is 0. The second-order valence-corrected chi connectivity index (χ2v) is 4.78. The Morgan fingerprint density at radius 3 is 2.67 bits per heavy atom. The summed E-state index contributed by atoms with van der Waals surface area (Å²) >= 11 is 5.72. The van der Waals surface area contributed by atoms with Gasteiger partial charge in [0.05, 0.1) is 17.1 Å². The van der Waals surface area contributed by atoms with Crippen molar-refractivity contribution < 1.29 is 10.0 Å². The molecule has 0 aliphatic heterocycles. The molecule has 0 spiro atoms. The second-order valence-electron chi connectivity index (χ2n) is 4.37. The van der Waals surface area contributed by atoms with E-state index in [0.717, 1.165) is 6.42 Å². The largest absolute Gasteiger partial charge is 0.391 e. The van der Waals surface area contributed by atoms with E-state index < -0.39 is 17.1 Å². The Bertz CT molecular complexity index is 439. The van der Waals surface area contributed by atoms with Crippen LogP contribution in [0.2, 0.25) is 5.02 Å². The van der Waals surface area contributed by atoms with Gasteiger partial charge in [0.25, 0.3) is 5.69 Å². The number of hydrogen-bond donors (Lipinski definition) is 2. The zero-order valence-electron chi connectivity index (χ0n) is 10.3. The maximum atomic E-state index is 10.8. The Hall–Kier alpha value is -1.17. The van der Waals surface area contributed by atoms with Crippen molar-refractivity contribution in [2.45, 2.75) is 32.4 Å². The summed E-state index contributed by atoms with van der Waals surface area (Å²) in [6.45, 7) is 3.83. The van der Waals surface area contributed by atoms with Crippen molar-refractivity contribution >= 4 is 17.3 Å². The van der Waals surface area contributed by atoms with E-state index >= 15 is 0 Å². The van der Waals surface area contributed by atoms with Crippen molar-refractivity contribution in [2.75, 3.05) is 0 Å². The molecule has 0 aliphatic carbocycles. The molecule has 0 bridgehead atoms. The average molecular weight is 273 g/mol. The fraction of sp³-hybridized carbons (Fsp3) is 0.500. The molecular formula is C12H17ClN2O3. The van der Waals surface area contributed by atoms with Gasteiger partial charge in [0.15, 0.2) is 0 Å². The Morgan fingerprint density at radius 1 is 1.56 bits per heavy atom. The molecule has 0 fully saturated rings. The third-order valence-electron chi connectivity index (χ3n) is 3.15. The molecule has 1 rings (SSSR count). The first-order chi connectivity index (χ1) is 8.38. The van der Waals surface area contributed by atoms with Crippen molar-refractivity contribution in [1.82, 2.24) is 0 Å². The van der Waals surface area contributed by atoms with Gasteiger partial charge in [-0.05, 0) is 17.5 Å². The molecule has 1 unspecified atom stereocenters. The van der Waals surface area contributed by atoms with E-state index in [1.165, 1.54) is 12.1 Å². The van der Waals surface area contributed by atoms with Crippen LogP contribution in [0, 0.1) is 16.0 Å². The number of nitrogens with two attached hydrogens (primary N) is 1. The molecule has 6 heteroatoms. The normalized spacial score (nSPS) is 16.1. The molecule has 3 N–H and O–H groups in total. The number of nitro groups is 1. The molecule has 100 valence electrons. The quantitative estimate of drug-likeness (QED) is 0.637. The van der Waals surface area contributed by atoms with E-state index in [-0.39, 0.29) is 16.6 Å². The van der Waals surface area contributed by atoms with Gasteiger partial charge in [0.2, 0.25) is 0 Å². The lowest BCUT2D eigenvalue weighted by molar-refractivity contribution is -0.384. The number of nitro benzene ring substituents is 1. The van der Waals surface area contributed by atoms with Gasteiger partial charge in [0, 0.05) is 6.07 Å². The predicted molar refractivity (Wildman–Crippen MR) is 70.5 cm³/mol. The summed E-state index contributed by atoms with van der Waals surface area (Å²) in [5.74, 6) is 0.0229. The molecule has 0 aliphatic rings. The summed E-state index contributed by atoms with van der Waals surface area (Å²) in [6.07, 6.45) is 0.0423. The maximum absolute atomic E-state index is 10.8. The minimum atomic E-state index is -0.740. The number of benzene rings is 1. The Morgan fingerprint density at radius 2 is 2.17 bits per heavy atom. The minimum absolute atomic E-state index is 0.0229. The molecule has 3 atom stereocenters. The van der Waals surface area contributed by atoms with Gasteiger partial charge < -0.3 is 10.8 Å². The lowest BCUT2D eigenvalue weighted by Crippen LogP contribution is -2.31. The molecule has 18 heavy (non-hydrogen) atoms. The van der Waals surface area contributed by atoms with Gasteiger partial charge in [-0.3, -0.25) is 10.1 Å². The number of aliphatic hydroxyl groups excluding tert-OH is 1. The van der Waals surface area contributed by atoms with Gasteiger partial charge >= 0.3 is 0 Å².